The van der Waals surface area contributed by atoms with E-state index in [4.69, 9.17) is 26.2 Å². The van der Waals surface area contributed by atoms with Gasteiger partial charge in [-0.25, -0.2) is 31.1 Å². The zero-order valence-corrected chi connectivity index (χ0v) is 25.2. The maximum absolute atomic E-state index is 15.6. The predicted molar refractivity (Wildman–Crippen MR) is 145 cm³/mol. The first kappa shape index (κ1) is 37.2. The van der Waals surface area contributed by atoms with Gasteiger partial charge in [-0.1, -0.05) is 11.6 Å². The number of hydrogen-bond acceptors (Lipinski definition) is 6. The van der Waals surface area contributed by atoms with Crippen LogP contribution in [0.25, 0.3) is 0 Å². The summed E-state index contributed by atoms with van der Waals surface area (Å²) >= 11 is 5.65. The van der Waals surface area contributed by atoms with Gasteiger partial charge in [-0.15, -0.1) is 0 Å². The summed E-state index contributed by atoms with van der Waals surface area (Å²) in [6, 6.07) is 3.36. The summed E-state index contributed by atoms with van der Waals surface area (Å²) < 4.78 is 146. The van der Waals surface area contributed by atoms with Crippen LogP contribution >= 0.6 is 11.6 Å². The van der Waals surface area contributed by atoms with Crippen molar-refractivity contribution in [1.29, 1.82) is 0 Å². The molecule has 2 aliphatic rings. The number of rotatable bonds is 8. The largest absolute Gasteiger partial charge is 0.490 e. The molecular weight excluding hydrogens is 687 g/mol. The fraction of sp³-hybridized carbons (Fsp3) is 0.481. The summed E-state index contributed by atoms with van der Waals surface area (Å²) in [5.41, 5.74) is -3.17. The number of piperidine rings is 1. The lowest BCUT2D eigenvalue weighted by atomic mass is 9.93. The molecule has 2 aromatic carbocycles. The lowest BCUT2D eigenvalue weighted by molar-refractivity contribution is -0.192. The maximum atomic E-state index is 15.6. The van der Waals surface area contributed by atoms with Crippen LogP contribution in [0.3, 0.4) is 0 Å². The Morgan fingerprint density at radius 3 is 2.11 bits per heavy atom. The molecule has 2 aromatic rings. The Labute approximate surface area is 261 Å². The fourth-order valence-corrected chi connectivity index (χ4v) is 5.12. The molecule has 1 aliphatic carbocycles. The quantitative estimate of drug-likeness (QED) is 0.313. The van der Waals surface area contributed by atoms with Crippen molar-refractivity contribution in [3.8, 4) is 5.75 Å². The molecule has 0 bridgehead atoms. The number of nitrogens with one attached hydrogen (secondary N) is 1. The number of sulfonamides is 1. The number of carboxylic acids is 1. The number of amides is 1. The van der Waals surface area contributed by atoms with Crippen molar-refractivity contribution in [2.75, 3.05) is 26.0 Å². The van der Waals surface area contributed by atoms with Crippen LogP contribution < -0.4 is 9.46 Å². The Bertz CT molecular complexity index is 1570. The molecule has 8 nitrogen and oxygen atoms in total. The van der Waals surface area contributed by atoms with Gasteiger partial charge in [0, 0.05) is 31.3 Å². The smallest absolute Gasteiger partial charge is 0.490 e. The minimum atomic E-state index is -5.08. The minimum Gasteiger partial charge on any atom is -0.490 e. The highest BCUT2D eigenvalue weighted by atomic mass is 35.5. The van der Waals surface area contributed by atoms with Crippen molar-refractivity contribution in [2.45, 2.75) is 56.2 Å². The van der Waals surface area contributed by atoms with Crippen LogP contribution in [-0.4, -0.2) is 68.1 Å². The first-order valence-corrected chi connectivity index (χ1v) is 15.5. The van der Waals surface area contributed by atoms with Gasteiger partial charge >= 0.3 is 18.3 Å². The van der Waals surface area contributed by atoms with Gasteiger partial charge in [-0.3, -0.25) is 9.69 Å². The third-order valence-corrected chi connectivity index (χ3v) is 7.78. The van der Waals surface area contributed by atoms with Gasteiger partial charge in [0.05, 0.1) is 22.4 Å². The summed E-state index contributed by atoms with van der Waals surface area (Å²) in [6.07, 6.45) is -7.69. The van der Waals surface area contributed by atoms with Crippen molar-refractivity contribution in [3.63, 3.8) is 0 Å². The summed E-state index contributed by atoms with van der Waals surface area (Å²) in [7, 11) is -3.92. The van der Waals surface area contributed by atoms with Crippen LogP contribution in [-0.2, 0) is 27.5 Å². The van der Waals surface area contributed by atoms with Gasteiger partial charge < -0.3 is 9.84 Å². The normalized spacial score (nSPS) is 17.1. The van der Waals surface area contributed by atoms with Crippen LogP contribution in [0.1, 0.15) is 58.6 Å². The molecule has 2 N–H and O–H groups in total. The van der Waals surface area contributed by atoms with E-state index in [2.05, 4.69) is 0 Å². The molecule has 0 unspecified atom stereocenters. The number of alkyl halides is 7. The van der Waals surface area contributed by atoms with E-state index < -0.39 is 74.3 Å². The van der Waals surface area contributed by atoms with Gasteiger partial charge in [0.15, 0.2) is 0 Å². The van der Waals surface area contributed by atoms with E-state index in [0.717, 1.165) is 25.2 Å². The molecule has 0 radical (unpaired) electrons. The van der Waals surface area contributed by atoms with Crippen molar-refractivity contribution in [2.24, 2.45) is 0 Å². The van der Waals surface area contributed by atoms with Gasteiger partial charge in [0.1, 0.15) is 29.7 Å². The number of halogens is 10. The molecule has 0 atom stereocenters. The molecule has 1 heterocycles. The number of carboxylic acid groups (broad SMARTS) is 1. The molecule has 0 spiro atoms. The molecule has 1 aliphatic heterocycles. The molecule has 46 heavy (non-hydrogen) atoms. The van der Waals surface area contributed by atoms with E-state index in [9.17, 15) is 48.3 Å². The summed E-state index contributed by atoms with van der Waals surface area (Å²) in [4.78, 5) is 22.7. The minimum absolute atomic E-state index is 0.0445. The first-order valence-electron chi connectivity index (χ1n) is 13.2. The SMILES string of the molecule is CS(=O)(=O)NC(=O)c1cc(C2CC2)c(OCC2(F)CCN(Cc3cc(C(F)(F)F)cc(Cl)c3F)CC2)cc1F.O=C(O)C(F)(F)F. The predicted octanol–water partition coefficient (Wildman–Crippen LogP) is 6.22. The van der Waals surface area contributed by atoms with Gasteiger partial charge in [-0.2, -0.15) is 26.3 Å². The monoisotopic (exact) mass is 712 g/mol. The number of carbonyl (C=O) groups excluding carboxylic acids is 1. The highest BCUT2D eigenvalue weighted by Gasteiger charge is 2.39. The van der Waals surface area contributed by atoms with Crippen molar-refractivity contribution >= 4 is 33.5 Å². The highest BCUT2D eigenvalue weighted by molar-refractivity contribution is 7.89. The number of nitrogens with zero attached hydrogens (tertiary/aromatic N) is 1. The van der Waals surface area contributed by atoms with Crippen LogP contribution in [0.4, 0.5) is 39.5 Å². The molecule has 2 fully saturated rings. The average molecular weight is 713 g/mol. The van der Waals surface area contributed by atoms with E-state index >= 15 is 4.39 Å². The molecular formula is C27H26ClF9N2O6S. The van der Waals surface area contributed by atoms with E-state index in [1.165, 1.54) is 6.07 Å². The van der Waals surface area contributed by atoms with Crippen LogP contribution in [0.15, 0.2) is 24.3 Å². The number of aliphatic carboxylic acids is 1. The number of likely N-dealkylation sites (tertiary alicyclic amines) is 1. The second kappa shape index (κ2) is 13.9. The number of benzene rings is 2. The van der Waals surface area contributed by atoms with Crippen LogP contribution in [0.5, 0.6) is 5.75 Å². The third kappa shape index (κ3) is 10.4. The molecule has 4 rings (SSSR count). The van der Waals surface area contributed by atoms with Crippen molar-refractivity contribution in [1.82, 2.24) is 9.62 Å². The second-order valence-corrected chi connectivity index (χ2v) is 13.0. The zero-order valence-electron chi connectivity index (χ0n) is 23.7. The first-order chi connectivity index (χ1) is 21.0. The summed E-state index contributed by atoms with van der Waals surface area (Å²) in [5, 5.41) is 6.48. The second-order valence-electron chi connectivity index (χ2n) is 10.8. The Balaban J connectivity index is 0.000000738. The molecule has 19 heteroatoms. The molecule has 256 valence electrons. The Hall–Kier alpha value is -3.25. The number of hydrogen-bond donors (Lipinski definition) is 2. The zero-order chi connectivity index (χ0) is 34.8. The number of carbonyl (C=O) groups is 2. The fourth-order valence-electron chi connectivity index (χ4n) is 4.44. The van der Waals surface area contributed by atoms with Gasteiger partial charge in [0.25, 0.3) is 5.91 Å². The third-order valence-electron chi connectivity index (χ3n) is 6.95. The molecule has 0 aromatic heterocycles. The maximum Gasteiger partial charge on any atom is 0.490 e. The van der Waals surface area contributed by atoms with Crippen LogP contribution in [0.2, 0.25) is 5.02 Å². The Morgan fingerprint density at radius 2 is 1.63 bits per heavy atom. The molecule has 1 saturated carbocycles. The highest BCUT2D eigenvalue weighted by Crippen LogP contribution is 2.45. The van der Waals surface area contributed by atoms with Crippen LogP contribution in [0, 0.1) is 11.6 Å². The van der Waals surface area contributed by atoms with Gasteiger partial charge in [0.2, 0.25) is 10.0 Å². The number of ether oxygens (including phenoxy) is 1. The lowest BCUT2D eigenvalue weighted by Crippen LogP contribution is -2.44. The van der Waals surface area contributed by atoms with Gasteiger partial charge in [-0.05, 0) is 55.4 Å². The summed E-state index contributed by atoms with van der Waals surface area (Å²) in [6.45, 7) is -0.442. The molecule has 1 amide bonds. The molecule has 1 saturated heterocycles. The average Bonchev–Trinajstić information content (AvgIpc) is 3.75. The van der Waals surface area contributed by atoms with E-state index in [0.29, 0.717) is 17.7 Å². The van der Waals surface area contributed by atoms with E-state index in [-0.39, 0.29) is 49.7 Å². The topological polar surface area (TPSA) is 113 Å². The van der Waals surface area contributed by atoms with Crippen molar-refractivity contribution in [3.05, 3.63) is 63.2 Å². The Kier molecular flexibility index (Phi) is 11.2. The summed E-state index contributed by atoms with van der Waals surface area (Å²) in [5.74, 6) is -5.87. The van der Waals surface area contributed by atoms with Crippen molar-refractivity contribution < 1.29 is 67.4 Å². The standard InChI is InChI=1S/C25H25ClF6N2O4S.C2HF3O2/c1-39(36,37)33-23(35)18-10-17(14-2-3-14)21(11-20(18)27)38-13-24(29)4-6-34(7-5-24)12-15-8-16(25(30,31)32)9-19(26)22(15)28;3-2(4,5)1(6)7/h8-11,14H,2-7,12-13H2,1H3,(H,33,35);(H,6,7). The van der Waals surface area contributed by atoms with E-state index in [1.54, 1.807) is 9.62 Å². The Morgan fingerprint density at radius 1 is 1.07 bits per heavy atom. The lowest BCUT2D eigenvalue weighted by Gasteiger charge is -2.36. The van der Waals surface area contributed by atoms with E-state index in [1.807, 2.05) is 0 Å².